The number of anilines is 1. The molecule has 126 valence electrons. The minimum atomic E-state index is -0.354. The van der Waals surface area contributed by atoms with Crippen molar-refractivity contribution in [1.29, 1.82) is 0 Å². The largest absolute Gasteiger partial charge is 0.445 e. The van der Waals surface area contributed by atoms with E-state index in [4.69, 9.17) is 4.74 Å². The van der Waals surface area contributed by atoms with Crippen LogP contribution in [0.1, 0.15) is 25.3 Å². The Bertz CT molecular complexity index is 653. The Morgan fingerprint density at radius 2 is 1.88 bits per heavy atom. The van der Waals surface area contributed by atoms with Crippen molar-refractivity contribution >= 4 is 11.9 Å². The van der Waals surface area contributed by atoms with Crippen LogP contribution in [-0.4, -0.2) is 29.7 Å². The number of carbonyl (C=O) groups is 1. The van der Waals surface area contributed by atoms with E-state index in [1.165, 1.54) is 0 Å². The first-order chi connectivity index (χ1) is 11.6. The summed E-state index contributed by atoms with van der Waals surface area (Å²) in [6.07, 6.45) is 3.18. The maximum absolute atomic E-state index is 12.1. The van der Waals surface area contributed by atoms with Gasteiger partial charge in [0.05, 0.1) is 0 Å². The Labute approximate surface area is 142 Å². The van der Waals surface area contributed by atoms with E-state index in [9.17, 15) is 4.79 Å². The number of pyridine rings is 1. The number of piperidine rings is 1. The number of amides is 1. The monoisotopic (exact) mass is 325 g/mol. The minimum absolute atomic E-state index is 0.237. The van der Waals surface area contributed by atoms with Crippen LogP contribution in [0.5, 0.6) is 0 Å². The molecule has 24 heavy (non-hydrogen) atoms. The number of hydrogen-bond acceptors (Lipinski definition) is 4. The molecule has 1 aliphatic heterocycles. The van der Waals surface area contributed by atoms with Crippen molar-refractivity contribution in [2.24, 2.45) is 0 Å². The van der Waals surface area contributed by atoms with E-state index < -0.39 is 0 Å². The number of hydrogen-bond donors (Lipinski definition) is 1. The average Bonchev–Trinajstić information content (AvgIpc) is 2.62. The molecule has 0 saturated carbocycles. The van der Waals surface area contributed by atoms with Crippen LogP contribution >= 0.6 is 0 Å². The van der Waals surface area contributed by atoms with Gasteiger partial charge in [0, 0.05) is 24.8 Å². The Balaban J connectivity index is 1.48. The molecule has 1 amide bonds. The highest BCUT2D eigenvalue weighted by molar-refractivity contribution is 5.68. The van der Waals surface area contributed by atoms with Gasteiger partial charge in [-0.25, -0.2) is 9.78 Å². The lowest BCUT2D eigenvalue weighted by Crippen LogP contribution is -2.53. The summed E-state index contributed by atoms with van der Waals surface area (Å²) in [6.45, 7) is 4.11. The maximum Gasteiger partial charge on any atom is 0.407 e. The fraction of sp³-hybridized carbons (Fsp3) is 0.368. The van der Waals surface area contributed by atoms with E-state index in [-0.39, 0.29) is 11.6 Å². The molecular formula is C19H23N3O2. The van der Waals surface area contributed by atoms with Crippen LogP contribution in [0.15, 0.2) is 54.7 Å². The zero-order valence-corrected chi connectivity index (χ0v) is 13.9. The zero-order valence-electron chi connectivity index (χ0n) is 13.9. The van der Waals surface area contributed by atoms with E-state index in [2.05, 4.69) is 22.1 Å². The highest BCUT2D eigenvalue weighted by Gasteiger charge is 2.32. The fourth-order valence-electron chi connectivity index (χ4n) is 2.90. The summed E-state index contributed by atoms with van der Waals surface area (Å²) in [5.41, 5.74) is 0.752. The molecule has 1 saturated heterocycles. The second-order valence-electron chi connectivity index (χ2n) is 6.42. The summed E-state index contributed by atoms with van der Waals surface area (Å²) in [5, 5.41) is 3.03. The summed E-state index contributed by atoms with van der Waals surface area (Å²) in [4.78, 5) is 18.7. The van der Waals surface area contributed by atoms with Crippen LogP contribution < -0.4 is 10.2 Å². The van der Waals surface area contributed by atoms with Crippen LogP contribution in [0, 0.1) is 0 Å². The number of nitrogens with zero attached hydrogens (tertiary/aromatic N) is 2. The number of alkyl carbamates (subject to hydrolysis) is 1. The van der Waals surface area contributed by atoms with Crippen molar-refractivity contribution in [2.45, 2.75) is 31.9 Å². The maximum atomic E-state index is 12.1. The lowest BCUT2D eigenvalue weighted by molar-refractivity contribution is 0.123. The molecule has 0 bridgehead atoms. The van der Waals surface area contributed by atoms with Crippen molar-refractivity contribution in [3.05, 3.63) is 60.3 Å². The molecule has 1 aliphatic rings. The SMILES string of the molecule is CC1(NC(=O)OCc2ccccc2)CCN(c2ccccn2)CC1. The van der Waals surface area contributed by atoms with Gasteiger partial charge in [0.1, 0.15) is 12.4 Å². The molecule has 1 N–H and O–H groups in total. The topological polar surface area (TPSA) is 54.5 Å². The number of carbonyl (C=O) groups excluding carboxylic acids is 1. The number of ether oxygens (including phenoxy) is 1. The summed E-state index contributed by atoms with van der Waals surface area (Å²) in [6, 6.07) is 15.6. The van der Waals surface area contributed by atoms with Gasteiger partial charge in [0.25, 0.3) is 0 Å². The molecular weight excluding hydrogens is 302 g/mol. The quantitative estimate of drug-likeness (QED) is 0.936. The van der Waals surface area contributed by atoms with Crippen LogP contribution in [0.4, 0.5) is 10.6 Å². The molecule has 1 fully saturated rings. The fourth-order valence-corrected chi connectivity index (χ4v) is 2.90. The zero-order chi connectivity index (χ0) is 16.8. The van der Waals surface area contributed by atoms with Gasteiger partial charge < -0.3 is 15.0 Å². The van der Waals surface area contributed by atoms with Crippen molar-refractivity contribution in [1.82, 2.24) is 10.3 Å². The van der Waals surface area contributed by atoms with Crippen LogP contribution in [0.3, 0.4) is 0 Å². The molecule has 2 aromatic rings. The second-order valence-corrected chi connectivity index (χ2v) is 6.42. The molecule has 0 radical (unpaired) electrons. The van der Waals surface area contributed by atoms with Crippen LogP contribution in [0.2, 0.25) is 0 Å². The van der Waals surface area contributed by atoms with Gasteiger partial charge in [0.15, 0.2) is 0 Å². The smallest absolute Gasteiger partial charge is 0.407 e. The van der Waals surface area contributed by atoms with Gasteiger partial charge in [0.2, 0.25) is 0 Å². The third-order valence-corrected chi connectivity index (χ3v) is 4.46. The van der Waals surface area contributed by atoms with Crippen molar-refractivity contribution in [3.63, 3.8) is 0 Å². The van der Waals surface area contributed by atoms with E-state index in [0.717, 1.165) is 37.3 Å². The first-order valence-electron chi connectivity index (χ1n) is 8.29. The van der Waals surface area contributed by atoms with Gasteiger partial charge in [-0.15, -0.1) is 0 Å². The molecule has 0 unspecified atom stereocenters. The molecule has 0 aliphatic carbocycles. The Morgan fingerprint density at radius 1 is 1.17 bits per heavy atom. The van der Waals surface area contributed by atoms with E-state index in [1.807, 2.05) is 54.7 Å². The summed E-state index contributed by atoms with van der Waals surface area (Å²) in [7, 11) is 0. The average molecular weight is 325 g/mol. The van der Waals surface area contributed by atoms with Crippen molar-refractivity contribution in [2.75, 3.05) is 18.0 Å². The van der Waals surface area contributed by atoms with E-state index in [1.54, 1.807) is 0 Å². The number of nitrogens with one attached hydrogen (secondary N) is 1. The lowest BCUT2D eigenvalue weighted by Gasteiger charge is -2.40. The molecule has 5 heteroatoms. The summed E-state index contributed by atoms with van der Waals surface area (Å²) < 4.78 is 5.33. The molecule has 0 atom stereocenters. The summed E-state index contributed by atoms with van der Waals surface area (Å²) in [5.74, 6) is 0.992. The van der Waals surface area contributed by atoms with Gasteiger partial charge in [-0.1, -0.05) is 36.4 Å². The van der Waals surface area contributed by atoms with Gasteiger partial charge >= 0.3 is 6.09 Å². The molecule has 2 heterocycles. The summed E-state index contributed by atoms with van der Waals surface area (Å²) >= 11 is 0. The van der Waals surface area contributed by atoms with Crippen LogP contribution in [0.25, 0.3) is 0 Å². The highest BCUT2D eigenvalue weighted by atomic mass is 16.5. The normalized spacial score (nSPS) is 16.5. The molecule has 0 spiro atoms. The molecule has 3 rings (SSSR count). The van der Waals surface area contributed by atoms with Crippen molar-refractivity contribution in [3.8, 4) is 0 Å². The van der Waals surface area contributed by atoms with E-state index in [0.29, 0.717) is 6.61 Å². The number of aromatic nitrogens is 1. The molecule has 1 aromatic carbocycles. The van der Waals surface area contributed by atoms with Crippen molar-refractivity contribution < 1.29 is 9.53 Å². The molecule has 5 nitrogen and oxygen atoms in total. The predicted molar refractivity (Wildman–Crippen MR) is 93.9 cm³/mol. The highest BCUT2D eigenvalue weighted by Crippen LogP contribution is 2.25. The standard InChI is InChI=1S/C19H23N3O2/c1-19(21-18(23)24-15-16-7-3-2-4-8-16)10-13-22(14-11-19)17-9-5-6-12-20-17/h2-9,12H,10-11,13-15H2,1H3,(H,21,23). The van der Waals surface area contributed by atoms with Gasteiger partial charge in [-0.3, -0.25) is 0 Å². The van der Waals surface area contributed by atoms with Gasteiger partial charge in [-0.2, -0.15) is 0 Å². The Hall–Kier alpha value is -2.56. The molecule has 1 aromatic heterocycles. The minimum Gasteiger partial charge on any atom is -0.445 e. The second kappa shape index (κ2) is 7.34. The van der Waals surface area contributed by atoms with E-state index >= 15 is 0 Å². The third kappa shape index (κ3) is 4.25. The Morgan fingerprint density at radius 3 is 2.54 bits per heavy atom. The number of rotatable bonds is 4. The van der Waals surface area contributed by atoms with Gasteiger partial charge in [-0.05, 0) is 37.5 Å². The lowest BCUT2D eigenvalue weighted by atomic mass is 9.90. The Kier molecular flexibility index (Phi) is 4.99. The third-order valence-electron chi connectivity index (χ3n) is 4.46. The first kappa shape index (κ1) is 16.3. The predicted octanol–water partition coefficient (Wildman–Crippen LogP) is 3.37. The first-order valence-corrected chi connectivity index (χ1v) is 8.29. The van der Waals surface area contributed by atoms with Crippen LogP contribution in [-0.2, 0) is 11.3 Å². The number of benzene rings is 1.